The van der Waals surface area contributed by atoms with E-state index in [2.05, 4.69) is 53.8 Å². The van der Waals surface area contributed by atoms with E-state index in [9.17, 15) is 0 Å². The Labute approximate surface area is 102 Å². The molecule has 2 aromatic rings. The molecule has 0 spiro atoms. The van der Waals surface area contributed by atoms with Crippen molar-refractivity contribution in [2.45, 2.75) is 19.5 Å². The minimum atomic E-state index is 0.0955. The highest BCUT2D eigenvalue weighted by Gasteiger charge is 1.98. The monoisotopic (exact) mass is 226 g/mol. The molecule has 0 saturated carbocycles. The Balaban J connectivity index is 1.96. The van der Waals surface area contributed by atoms with Gasteiger partial charge in [-0.2, -0.15) is 0 Å². The number of hydrogen-bond acceptors (Lipinski definition) is 2. The molecule has 0 radical (unpaired) electrons. The van der Waals surface area contributed by atoms with Gasteiger partial charge in [0.05, 0.1) is 0 Å². The summed E-state index contributed by atoms with van der Waals surface area (Å²) < 4.78 is 0. The topological polar surface area (TPSA) is 38.0 Å². The van der Waals surface area contributed by atoms with E-state index < -0.39 is 0 Å². The first-order valence-corrected chi connectivity index (χ1v) is 5.89. The third kappa shape index (κ3) is 3.33. The number of anilines is 1. The van der Waals surface area contributed by atoms with Crippen molar-refractivity contribution in [1.29, 1.82) is 0 Å². The van der Waals surface area contributed by atoms with E-state index in [1.807, 2.05) is 13.0 Å². The summed E-state index contributed by atoms with van der Waals surface area (Å²) in [5, 5.41) is 3.39. The Bertz CT molecular complexity index is 446. The van der Waals surface area contributed by atoms with Gasteiger partial charge in [-0.05, 0) is 30.2 Å². The zero-order chi connectivity index (χ0) is 12.1. The molecule has 17 heavy (non-hydrogen) atoms. The van der Waals surface area contributed by atoms with Gasteiger partial charge in [-0.25, -0.2) is 0 Å². The van der Waals surface area contributed by atoms with Crippen LogP contribution in [-0.4, -0.2) is 0 Å². The zero-order valence-corrected chi connectivity index (χ0v) is 10.1. The molecule has 0 saturated heterocycles. The van der Waals surface area contributed by atoms with E-state index in [4.69, 9.17) is 5.73 Å². The molecule has 2 heteroatoms. The highest BCUT2D eigenvalue weighted by Crippen LogP contribution is 2.14. The number of rotatable bonds is 4. The smallest absolute Gasteiger partial charge is 0.0400 e. The predicted octanol–water partition coefficient (Wildman–Crippen LogP) is 3.32. The molecule has 1 atom stereocenters. The van der Waals surface area contributed by atoms with E-state index in [0.717, 1.165) is 17.8 Å². The first kappa shape index (κ1) is 11.7. The van der Waals surface area contributed by atoms with Crippen LogP contribution < -0.4 is 11.1 Å². The molecule has 0 amide bonds. The van der Waals surface area contributed by atoms with E-state index in [1.165, 1.54) is 5.56 Å². The predicted molar refractivity (Wildman–Crippen MR) is 72.8 cm³/mol. The van der Waals surface area contributed by atoms with Crippen LogP contribution in [0.1, 0.15) is 24.1 Å². The number of nitrogens with one attached hydrogen (secondary N) is 1. The molecule has 88 valence electrons. The summed E-state index contributed by atoms with van der Waals surface area (Å²) in [7, 11) is 0. The van der Waals surface area contributed by atoms with Gasteiger partial charge < -0.3 is 11.1 Å². The van der Waals surface area contributed by atoms with Crippen LogP contribution in [0, 0.1) is 0 Å². The lowest BCUT2D eigenvalue weighted by atomic mass is 10.1. The summed E-state index contributed by atoms with van der Waals surface area (Å²) in [6.45, 7) is 2.84. The Morgan fingerprint density at radius 3 is 2.24 bits per heavy atom. The van der Waals surface area contributed by atoms with Gasteiger partial charge in [-0.3, -0.25) is 0 Å². The molecule has 0 aliphatic carbocycles. The molecule has 2 aromatic carbocycles. The fourth-order valence-corrected chi connectivity index (χ4v) is 1.70. The first-order valence-electron chi connectivity index (χ1n) is 5.89. The second-order valence-electron chi connectivity index (χ2n) is 4.25. The van der Waals surface area contributed by atoms with Crippen molar-refractivity contribution in [3.05, 3.63) is 65.7 Å². The lowest BCUT2D eigenvalue weighted by Gasteiger charge is -2.09. The highest BCUT2D eigenvalue weighted by molar-refractivity contribution is 5.45. The van der Waals surface area contributed by atoms with E-state index >= 15 is 0 Å². The van der Waals surface area contributed by atoms with Crippen LogP contribution >= 0.6 is 0 Å². The number of nitrogens with two attached hydrogens (primary N) is 1. The second-order valence-corrected chi connectivity index (χ2v) is 4.25. The van der Waals surface area contributed by atoms with Gasteiger partial charge in [0, 0.05) is 18.3 Å². The minimum absolute atomic E-state index is 0.0955. The van der Waals surface area contributed by atoms with Crippen LogP contribution in [0.3, 0.4) is 0 Å². The summed E-state index contributed by atoms with van der Waals surface area (Å²) in [6, 6.07) is 18.7. The van der Waals surface area contributed by atoms with Crippen molar-refractivity contribution in [2.24, 2.45) is 5.73 Å². The minimum Gasteiger partial charge on any atom is -0.381 e. The molecular formula is C15H18N2. The lowest BCUT2D eigenvalue weighted by molar-refractivity contribution is 0.818. The van der Waals surface area contributed by atoms with Gasteiger partial charge in [-0.1, -0.05) is 42.5 Å². The quantitative estimate of drug-likeness (QED) is 0.839. The third-order valence-corrected chi connectivity index (χ3v) is 2.78. The van der Waals surface area contributed by atoms with Gasteiger partial charge >= 0.3 is 0 Å². The third-order valence-electron chi connectivity index (χ3n) is 2.78. The Kier molecular flexibility index (Phi) is 3.78. The number of hydrogen-bond donors (Lipinski definition) is 2. The molecule has 0 heterocycles. The van der Waals surface area contributed by atoms with Crippen molar-refractivity contribution in [1.82, 2.24) is 0 Å². The maximum Gasteiger partial charge on any atom is 0.0400 e. The molecule has 0 aliphatic heterocycles. The molecule has 3 N–H and O–H groups in total. The van der Waals surface area contributed by atoms with Crippen molar-refractivity contribution in [3.63, 3.8) is 0 Å². The van der Waals surface area contributed by atoms with Crippen LogP contribution in [0.2, 0.25) is 0 Å². The second kappa shape index (κ2) is 5.51. The normalized spacial score (nSPS) is 12.1. The average Bonchev–Trinajstić information content (AvgIpc) is 2.38. The van der Waals surface area contributed by atoms with Crippen molar-refractivity contribution in [2.75, 3.05) is 5.32 Å². The van der Waals surface area contributed by atoms with E-state index in [1.54, 1.807) is 0 Å². The first-order chi connectivity index (χ1) is 8.25. The summed E-state index contributed by atoms with van der Waals surface area (Å²) >= 11 is 0. The molecule has 0 aromatic heterocycles. The van der Waals surface area contributed by atoms with Crippen molar-refractivity contribution in [3.8, 4) is 0 Å². The summed E-state index contributed by atoms with van der Waals surface area (Å²) in [5.41, 5.74) is 9.38. The standard InChI is InChI=1S/C15H18N2/c1-12(16)14-7-9-15(10-8-14)17-11-13-5-3-2-4-6-13/h2-10,12,17H,11,16H2,1H3/t12-/m0/s1. The van der Waals surface area contributed by atoms with Crippen LogP contribution in [0.25, 0.3) is 0 Å². The van der Waals surface area contributed by atoms with Crippen LogP contribution in [0.4, 0.5) is 5.69 Å². The van der Waals surface area contributed by atoms with Crippen molar-refractivity contribution >= 4 is 5.69 Å². The largest absolute Gasteiger partial charge is 0.381 e. The molecule has 0 aliphatic rings. The average molecular weight is 226 g/mol. The van der Waals surface area contributed by atoms with Gasteiger partial charge in [0.2, 0.25) is 0 Å². The maximum absolute atomic E-state index is 5.81. The van der Waals surface area contributed by atoms with Crippen molar-refractivity contribution < 1.29 is 0 Å². The molecule has 0 fully saturated rings. The SMILES string of the molecule is C[C@H](N)c1ccc(NCc2ccccc2)cc1. The maximum atomic E-state index is 5.81. The summed E-state index contributed by atoms with van der Waals surface area (Å²) in [6.07, 6.45) is 0. The Morgan fingerprint density at radius 1 is 1.00 bits per heavy atom. The van der Waals surface area contributed by atoms with E-state index in [0.29, 0.717) is 0 Å². The zero-order valence-electron chi connectivity index (χ0n) is 10.1. The molecule has 0 unspecified atom stereocenters. The van der Waals surface area contributed by atoms with Gasteiger partial charge in [0.25, 0.3) is 0 Å². The molecule has 0 bridgehead atoms. The van der Waals surface area contributed by atoms with Gasteiger partial charge in [0.15, 0.2) is 0 Å². The molecule has 2 nitrogen and oxygen atoms in total. The van der Waals surface area contributed by atoms with Gasteiger partial charge in [0.1, 0.15) is 0 Å². The lowest BCUT2D eigenvalue weighted by Crippen LogP contribution is -2.05. The Morgan fingerprint density at radius 2 is 1.65 bits per heavy atom. The summed E-state index contributed by atoms with van der Waals surface area (Å²) in [5.74, 6) is 0. The van der Waals surface area contributed by atoms with Crippen LogP contribution in [0.15, 0.2) is 54.6 Å². The molecule has 2 rings (SSSR count). The number of benzene rings is 2. The Hall–Kier alpha value is -1.80. The van der Waals surface area contributed by atoms with Crippen LogP contribution in [0.5, 0.6) is 0 Å². The fourth-order valence-electron chi connectivity index (χ4n) is 1.70. The van der Waals surface area contributed by atoms with E-state index in [-0.39, 0.29) is 6.04 Å². The molecular weight excluding hydrogens is 208 g/mol. The summed E-state index contributed by atoms with van der Waals surface area (Å²) in [4.78, 5) is 0. The van der Waals surface area contributed by atoms with Gasteiger partial charge in [-0.15, -0.1) is 0 Å². The van der Waals surface area contributed by atoms with Crippen LogP contribution in [-0.2, 0) is 6.54 Å². The fraction of sp³-hybridized carbons (Fsp3) is 0.200. The highest BCUT2D eigenvalue weighted by atomic mass is 14.9.